The van der Waals surface area contributed by atoms with Gasteiger partial charge < -0.3 is 10.1 Å². The highest BCUT2D eigenvalue weighted by Crippen LogP contribution is 2.19. The molecule has 1 aromatic heterocycles. The van der Waals surface area contributed by atoms with Gasteiger partial charge in [-0.2, -0.15) is 0 Å². The normalized spacial score (nSPS) is 10.5. The van der Waals surface area contributed by atoms with E-state index < -0.39 is 6.09 Å². The van der Waals surface area contributed by atoms with E-state index in [0.29, 0.717) is 5.95 Å². The van der Waals surface area contributed by atoms with Crippen LogP contribution in [0.4, 0.5) is 10.7 Å². The lowest BCUT2D eigenvalue weighted by molar-refractivity contribution is 0.203. The molecule has 0 aliphatic rings. The number of amides is 1. The summed E-state index contributed by atoms with van der Waals surface area (Å²) in [7, 11) is 1.45. The van der Waals surface area contributed by atoms with Crippen molar-refractivity contribution >= 4 is 23.1 Å². The van der Waals surface area contributed by atoms with Crippen molar-refractivity contribution in [3.63, 3.8) is 0 Å². The first-order chi connectivity index (χ1) is 7.09. The molecule has 2 rings (SSSR count). The number of carbonyl (C=O) groups is 1. The third-order valence-electron chi connectivity index (χ3n) is 2.31. The van der Waals surface area contributed by atoms with Crippen LogP contribution in [-0.2, 0) is 0 Å². The maximum atomic E-state index is 10.7. The standard InChI is InChI=1S/C10H11N3O2/c1-6-4-3-5-7-8(6)12-9(11-7)13(2)10(14)15/h3-5H,1-2H3,(H,11,12)(H,14,15). The van der Waals surface area contributed by atoms with Gasteiger partial charge in [-0.1, -0.05) is 12.1 Å². The maximum absolute atomic E-state index is 10.7. The minimum absolute atomic E-state index is 0.340. The molecule has 0 bridgehead atoms. The van der Waals surface area contributed by atoms with Gasteiger partial charge in [-0.15, -0.1) is 0 Å². The summed E-state index contributed by atoms with van der Waals surface area (Å²) in [5.74, 6) is 0.340. The van der Waals surface area contributed by atoms with Crippen molar-refractivity contribution in [1.82, 2.24) is 9.97 Å². The molecular weight excluding hydrogens is 194 g/mol. The summed E-state index contributed by atoms with van der Waals surface area (Å²) in [6.07, 6.45) is -1.04. The Morgan fingerprint density at radius 1 is 1.53 bits per heavy atom. The molecule has 0 spiro atoms. The Hall–Kier alpha value is -2.04. The van der Waals surface area contributed by atoms with Gasteiger partial charge >= 0.3 is 6.09 Å². The van der Waals surface area contributed by atoms with Crippen LogP contribution < -0.4 is 4.90 Å². The van der Waals surface area contributed by atoms with Crippen LogP contribution >= 0.6 is 0 Å². The number of anilines is 1. The number of hydrogen-bond acceptors (Lipinski definition) is 2. The summed E-state index contributed by atoms with van der Waals surface area (Å²) in [5, 5.41) is 8.80. The molecule has 2 aromatic rings. The number of fused-ring (bicyclic) bond motifs is 1. The van der Waals surface area contributed by atoms with Gasteiger partial charge in [0, 0.05) is 7.05 Å². The Balaban J connectivity index is 2.56. The van der Waals surface area contributed by atoms with Crippen molar-refractivity contribution in [3.8, 4) is 0 Å². The zero-order chi connectivity index (χ0) is 11.0. The predicted molar refractivity (Wildman–Crippen MR) is 57.3 cm³/mol. The fourth-order valence-electron chi connectivity index (χ4n) is 1.41. The second-order valence-corrected chi connectivity index (χ2v) is 3.37. The first-order valence-corrected chi connectivity index (χ1v) is 4.51. The molecule has 1 amide bonds. The molecule has 0 saturated heterocycles. The van der Waals surface area contributed by atoms with E-state index in [2.05, 4.69) is 9.97 Å². The lowest BCUT2D eigenvalue weighted by atomic mass is 10.2. The molecule has 0 unspecified atom stereocenters. The number of H-pyrrole nitrogens is 1. The number of aryl methyl sites for hydroxylation is 1. The first-order valence-electron chi connectivity index (χ1n) is 4.51. The molecule has 0 atom stereocenters. The number of hydrogen-bond donors (Lipinski definition) is 2. The van der Waals surface area contributed by atoms with Gasteiger partial charge in [0.05, 0.1) is 11.0 Å². The van der Waals surface area contributed by atoms with Gasteiger partial charge in [0.15, 0.2) is 0 Å². The number of carboxylic acid groups (broad SMARTS) is 1. The Kier molecular flexibility index (Phi) is 2.07. The Morgan fingerprint density at radius 2 is 2.27 bits per heavy atom. The quantitative estimate of drug-likeness (QED) is 0.747. The molecule has 78 valence electrons. The highest BCUT2D eigenvalue weighted by atomic mass is 16.4. The van der Waals surface area contributed by atoms with Crippen molar-refractivity contribution in [2.75, 3.05) is 11.9 Å². The van der Waals surface area contributed by atoms with Crippen molar-refractivity contribution in [3.05, 3.63) is 23.8 Å². The first kappa shape index (κ1) is 9.51. The average Bonchev–Trinajstić information content (AvgIpc) is 2.61. The Morgan fingerprint density at radius 3 is 2.87 bits per heavy atom. The van der Waals surface area contributed by atoms with Crippen molar-refractivity contribution < 1.29 is 9.90 Å². The number of benzene rings is 1. The number of aromatic amines is 1. The van der Waals surface area contributed by atoms with E-state index >= 15 is 0 Å². The molecule has 5 nitrogen and oxygen atoms in total. The Labute approximate surface area is 86.4 Å². The van der Waals surface area contributed by atoms with Crippen LogP contribution in [0.5, 0.6) is 0 Å². The third kappa shape index (κ3) is 1.52. The minimum Gasteiger partial charge on any atom is -0.465 e. The van der Waals surface area contributed by atoms with Gasteiger partial charge in [-0.3, -0.25) is 4.90 Å². The highest BCUT2D eigenvalue weighted by Gasteiger charge is 2.13. The molecular formula is C10H11N3O2. The summed E-state index contributed by atoms with van der Waals surface area (Å²) in [6, 6.07) is 5.71. The predicted octanol–water partition coefficient (Wildman–Crippen LogP) is 1.99. The SMILES string of the molecule is Cc1cccc2[nH]c(N(C)C(=O)O)nc12. The van der Waals surface area contributed by atoms with Gasteiger partial charge in [0.1, 0.15) is 0 Å². The maximum Gasteiger partial charge on any atom is 0.413 e. The van der Waals surface area contributed by atoms with E-state index in [4.69, 9.17) is 5.11 Å². The van der Waals surface area contributed by atoms with Crippen LogP contribution in [0.3, 0.4) is 0 Å². The molecule has 0 saturated carbocycles. The van der Waals surface area contributed by atoms with Crippen LogP contribution in [0.1, 0.15) is 5.56 Å². The van der Waals surface area contributed by atoms with E-state index in [9.17, 15) is 4.79 Å². The van der Waals surface area contributed by atoms with Gasteiger partial charge in [0.25, 0.3) is 0 Å². The molecule has 0 fully saturated rings. The second kappa shape index (κ2) is 3.27. The van der Waals surface area contributed by atoms with E-state index in [-0.39, 0.29) is 0 Å². The van der Waals surface area contributed by atoms with Crippen molar-refractivity contribution in [1.29, 1.82) is 0 Å². The average molecular weight is 205 g/mol. The summed E-state index contributed by atoms with van der Waals surface area (Å²) in [6.45, 7) is 1.94. The minimum atomic E-state index is -1.04. The van der Waals surface area contributed by atoms with E-state index in [1.807, 2.05) is 25.1 Å². The fourth-order valence-corrected chi connectivity index (χ4v) is 1.41. The largest absolute Gasteiger partial charge is 0.465 e. The Bertz CT molecular complexity index is 518. The smallest absolute Gasteiger partial charge is 0.413 e. The van der Waals surface area contributed by atoms with Gasteiger partial charge in [-0.05, 0) is 18.6 Å². The summed E-state index contributed by atoms with van der Waals surface area (Å²) in [5.41, 5.74) is 2.67. The van der Waals surface area contributed by atoms with Crippen LogP contribution in [0.2, 0.25) is 0 Å². The number of rotatable bonds is 1. The number of aromatic nitrogens is 2. The molecule has 0 radical (unpaired) electrons. The van der Waals surface area contributed by atoms with Gasteiger partial charge in [-0.25, -0.2) is 9.78 Å². The van der Waals surface area contributed by atoms with Gasteiger partial charge in [0.2, 0.25) is 5.95 Å². The third-order valence-corrected chi connectivity index (χ3v) is 2.31. The topological polar surface area (TPSA) is 69.2 Å². The summed E-state index contributed by atoms with van der Waals surface area (Å²) < 4.78 is 0. The number of nitrogens with zero attached hydrogens (tertiary/aromatic N) is 2. The molecule has 0 aliphatic heterocycles. The zero-order valence-corrected chi connectivity index (χ0v) is 8.48. The molecule has 5 heteroatoms. The lowest BCUT2D eigenvalue weighted by Gasteiger charge is -2.07. The molecule has 15 heavy (non-hydrogen) atoms. The van der Waals surface area contributed by atoms with Crippen molar-refractivity contribution in [2.24, 2.45) is 0 Å². The fraction of sp³-hybridized carbons (Fsp3) is 0.200. The molecule has 2 N–H and O–H groups in total. The van der Waals surface area contributed by atoms with Crippen LogP contribution in [0, 0.1) is 6.92 Å². The monoisotopic (exact) mass is 205 g/mol. The molecule has 1 aromatic carbocycles. The number of para-hydroxylation sites is 1. The highest BCUT2D eigenvalue weighted by molar-refractivity contribution is 5.87. The van der Waals surface area contributed by atoms with Crippen molar-refractivity contribution in [2.45, 2.75) is 6.92 Å². The van der Waals surface area contributed by atoms with E-state index in [1.165, 1.54) is 7.05 Å². The summed E-state index contributed by atoms with van der Waals surface area (Å²) in [4.78, 5) is 19.0. The zero-order valence-electron chi connectivity index (χ0n) is 8.48. The number of nitrogens with one attached hydrogen (secondary N) is 1. The lowest BCUT2D eigenvalue weighted by Crippen LogP contribution is -2.24. The van der Waals surface area contributed by atoms with E-state index in [0.717, 1.165) is 21.5 Å². The number of imidazole rings is 1. The van der Waals surface area contributed by atoms with Crippen LogP contribution in [0.15, 0.2) is 18.2 Å². The summed E-state index contributed by atoms with van der Waals surface area (Å²) >= 11 is 0. The van der Waals surface area contributed by atoms with E-state index in [1.54, 1.807) is 0 Å². The van der Waals surface area contributed by atoms with Crippen LogP contribution in [-0.4, -0.2) is 28.2 Å². The second-order valence-electron chi connectivity index (χ2n) is 3.37. The van der Waals surface area contributed by atoms with Crippen LogP contribution in [0.25, 0.3) is 11.0 Å². The molecule has 1 heterocycles. The molecule has 0 aliphatic carbocycles.